The first-order chi connectivity index (χ1) is 8.22. The number of rotatable bonds is 7. The number of hydrogen-bond donors (Lipinski definition) is 1. The molecule has 0 fully saturated rings. The number of carbonyl (C=O) groups is 1. The summed E-state index contributed by atoms with van der Waals surface area (Å²) in [5.41, 5.74) is 1.20. The summed E-state index contributed by atoms with van der Waals surface area (Å²) in [6.45, 7) is 3.74. The van der Waals surface area contributed by atoms with E-state index in [1.807, 2.05) is 31.2 Å². The van der Waals surface area contributed by atoms with E-state index in [0.717, 1.165) is 18.0 Å². The smallest absolute Gasteiger partial charge is 0.307 e. The first-order valence-corrected chi connectivity index (χ1v) is 6.21. The quantitative estimate of drug-likeness (QED) is 0.601. The van der Waals surface area contributed by atoms with Crippen molar-refractivity contribution in [2.45, 2.75) is 19.8 Å². The van der Waals surface area contributed by atoms with Gasteiger partial charge in [-0.1, -0.05) is 23.7 Å². The number of halogens is 1. The van der Waals surface area contributed by atoms with Gasteiger partial charge in [0.1, 0.15) is 0 Å². The Labute approximate surface area is 107 Å². The number of benzene rings is 1. The highest BCUT2D eigenvalue weighted by atomic mass is 35.5. The zero-order valence-electron chi connectivity index (χ0n) is 10.0. The molecule has 0 spiro atoms. The van der Waals surface area contributed by atoms with Crippen molar-refractivity contribution in [3.8, 4) is 0 Å². The van der Waals surface area contributed by atoms with Gasteiger partial charge in [-0.15, -0.1) is 0 Å². The molecule has 0 aliphatic heterocycles. The van der Waals surface area contributed by atoms with Crippen LogP contribution in [0.25, 0.3) is 0 Å². The molecule has 0 aromatic heterocycles. The van der Waals surface area contributed by atoms with Gasteiger partial charge in [0.25, 0.3) is 0 Å². The summed E-state index contributed by atoms with van der Waals surface area (Å²) in [5.74, 6) is -0.150. The molecule has 0 bridgehead atoms. The van der Waals surface area contributed by atoms with Gasteiger partial charge in [-0.2, -0.15) is 0 Å². The zero-order valence-corrected chi connectivity index (χ0v) is 10.8. The van der Waals surface area contributed by atoms with Crippen LogP contribution in [0.3, 0.4) is 0 Å². The lowest BCUT2D eigenvalue weighted by molar-refractivity contribution is -0.142. The highest BCUT2D eigenvalue weighted by Gasteiger charge is 2.00. The lowest BCUT2D eigenvalue weighted by atomic mass is 10.1. The minimum absolute atomic E-state index is 0.150. The summed E-state index contributed by atoms with van der Waals surface area (Å²) in [4.78, 5) is 11.0. The minimum atomic E-state index is -0.150. The molecule has 4 heteroatoms. The molecule has 0 aliphatic carbocycles. The first kappa shape index (κ1) is 14.0. The maximum atomic E-state index is 11.0. The van der Waals surface area contributed by atoms with Crippen LogP contribution in [0, 0.1) is 0 Å². The third-order valence-corrected chi connectivity index (χ3v) is 2.53. The fourth-order valence-electron chi connectivity index (χ4n) is 1.47. The minimum Gasteiger partial charge on any atom is -0.466 e. The molecule has 0 saturated carbocycles. The van der Waals surface area contributed by atoms with Crippen molar-refractivity contribution in [3.05, 3.63) is 34.9 Å². The van der Waals surface area contributed by atoms with Crippen molar-refractivity contribution in [3.63, 3.8) is 0 Å². The van der Waals surface area contributed by atoms with Crippen molar-refractivity contribution in [1.29, 1.82) is 0 Å². The van der Waals surface area contributed by atoms with E-state index in [0.29, 0.717) is 19.6 Å². The molecule has 1 aromatic carbocycles. The van der Waals surface area contributed by atoms with Crippen molar-refractivity contribution >= 4 is 17.6 Å². The Balaban J connectivity index is 2.10. The molecule has 17 heavy (non-hydrogen) atoms. The summed E-state index contributed by atoms with van der Waals surface area (Å²) in [7, 11) is 0. The van der Waals surface area contributed by atoms with Gasteiger partial charge < -0.3 is 10.1 Å². The average Bonchev–Trinajstić information content (AvgIpc) is 2.29. The summed E-state index contributed by atoms with van der Waals surface area (Å²) < 4.78 is 4.83. The van der Waals surface area contributed by atoms with E-state index in [1.54, 1.807) is 0 Å². The second kappa shape index (κ2) is 8.09. The number of ether oxygens (including phenoxy) is 1. The van der Waals surface area contributed by atoms with E-state index in [-0.39, 0.29) is 5.97 Å². The van der Waals surface area contributed by atoms with Crippen LogP contribution in [0.15, 0.2) is 24.3 Å². The third-order valence-electron chi connectivity index (χ3n) is 2.29. The number of nitrogens with one attached hydrogen (secondary N) is 1. The van der Waals surface area contributed by atoms with E-state index in [4.69, 9.17) is 16.3 Å². The Morgan fingerprint density at radius 2 is 2.24 bits per heavy atom. The van der Waals surface area contributed by atoms with Crippen molar-refractivity contribution in [2.75, 3.05) is 19.7 Å². The van der Waals surface area contributed by atoms with E-state index in [2.05, 4.69) is 5.32 Å². The molecule has 0 unspecified atom stereocenters. The van der Waals surface area contributed by atoms with Gasteiger partial charge >= 0.3 is 5.97 Å². The zero-order chi connectivity index (χ0) is 12.5. The normalized spacial score (nSPS) is 10.2. The molecule has 3 nitrogen and oxygen atoms in total. The van der Waals surface area contributed by atoms with Crippen LogP contribution in [0.2, 0.25) is 5.02 Å². The molecule has 1 aromatic rings. The standard InChI is InChI=1S/C13H18ClNO2/c1-2-17-13(16)7-9-15-8-6-11-4-3-5-12(14)10-11/h3-5,10,15H,2,6-9H2,1H3. The Bertz CT molecular complexity index is 355. The van der Waals surface area contributed by atoms with Gasteiger partial charge in [-0.3, -0.25) is 4.79 Å². The Kier molecular flexibility index (Phi) is 6.67. The second-order valence-corrected chi connectivity index (χ2v) is 4.12. The monoisotopic (exact) mass is 255 g/mol. The highest BCUT2D eigenvalue weighted by molar-refractivity contribution is 6.30. The molecule has 1 N–H and O–H groups in total. The summed E-state index contributed by atoms with van der Waals surface area (Å²) in [6, 6.07) is 7.79. The maximum Gasteiger partial charge on any atom is 0.307 e. The fourth-order valence-corrected chi connectivity index (χ4v) is 1.69. The maximum absolute atomic E-state index is 11.0. The van der Waals surface area contributed by atoms with Crippen molar-refractivity contribution in [1.82, 2.24) is 5.32 Å². The number of hydrogen-bond acceptors (Lipinski definition) is 3. The van der Waals surface area contributed by atoms with Crippen LogP contribution in [0.5, 0.6) is 0 Å². The fraction of sp³-hybridized carbons (Fsp3) is 0.462. The SMILES string of the molecule is CCOC(=O)CCNCCc1cccc(Cl)c1. The van der Waals surface area contributed by atoms with Gasteiger partial charge in [0, 0.05) is 11.6 Å². The largest absolute Gasteiger partial charge is 0.466 e. The molecule has 0 aliphatic rings. The van der Waals surface area contributed by atoms with Gasteiger partial charge in [0.05, 0.1) is 13.0 Å². The van der Waals surface area contributed by atoms with E-state index in [1.165, 1.54) is 5.56 Å². The second-order valence-electron chi connectivity index (χ2n) is 3.68. The highest BCUT2D eigenvalue weighted by Crippen LogP contribution is 2.10. The molecule has 0 radical (unpaired) electrons. The topological polar surface area (TPSA) is 38.3 Å². The molecule has 94 valence electrons. The number of esters is 1. The molecule has 1 rings (SSSR count). The average molecular weight is 256 g/mol. The van der Waals surface area contributed by atoms with E-state index < -0.39 is 0 Å². The van der Waals surface area contributed by atoms with Crippen LogP contribution in [0.1, 0.15) is 18.9 Å². The predicted octanol–water partition coefficient (Wildman–Crippen LogP) is 2.43. The number of carbonyl (C=O) groups excluding carboxylic acids is 1. The van der Waals surface area contributed by atoms with E-state index in [9.17, 15) is 4.79 Å². The summed E-state index contributed by atoms with van der Waals surface area (Å²) >= 11 is 5.88. The van der Waals surface area contributed by atoms with Crippen LogP contribution in [-0.2, 0) is 16.0 Å². The van der Waals surface area contributed by atoms with E-state index >= 15 is 0 Å². The van der Waals surface area contributed by atoms with Crippen LogP contribution in [-0.4, -0.2) is 25.7 Å². The third kappa shape index (κ3) is 6.29. The van der Waals surface area contributed by atoms with Crippen LogP contribution >= 0.6 is 11.6 Å². The summed E-state index contributed by atoms with van der Waals surface area (Å²) in [5, 5.41) is 3.96. The van der Waals surface area contributed by atoms with Crippen LogP contribution in [0.4, 0.5) is 0 Å². The Hall–Kier alpha value is -1.06. The van der Waals surface area contributed by atoms with Gasteiger partial charge in [-0.05, 0) is 37.6 Å². The first-order valence-electron chi connectivity index (χ1n) is 5.83. The van der Waals surface area contributed by atoms with Crippen molar-refractivity contribution in [2.24, 2.45) is 0 Å². The summed E-state index contributed by atoms with van der Waals surface area (Å²) in [6.07, 6.45) is 1.33. The van der Waals surface area contributed by atoms with Crippen LogP contribution < -0.4 is 5.32 Å². The molecule has 0 atom stereocenters. The molecule has 0 saturated heterocycles. The molecule has 0 heterocycles. The van der Waals surface area contributed by atoms with Gasteiger partial charge in [-0.25, -0.2) is 0 Å². The van der Waals surface area contributed by atoms with Gasteiger partial charge in [0.2, 0.25) is 0 Å². The lowest BCUT2D eigenvalue weighted by Gasteiger charge is -2.05. The molecular formula is C13H18ClNO2. The molecule has 0 amide bonds. The predicted molar refractivity (Wildman–Crippen MR) is 69.3 cm³/mol. The van der Waals surface area contributed by atoms with Crippen molar-refractivity contribution < 1.29 is 9.53 Å². The Morgan fingerprint density at radius 1 is 1.41 bits per heavy atom. The molecular weight excluding hydrogens is 238 g/mol. The Morgan fingerprint density at radius 3 is 2.94 bits per heavy atom. The lowest BCUT2D eigenvalue weighted by Crippen LogP contribution is -2.21. The van der Waals surface area contributed by atoms with Gasteiger partial charge in [0.15, 0.2) is 0 Å².